The van der Waals surface area contributed by atoms with Crippen LogP contribution in [0.2, 0.25) is 0 Å². The third kappa shape index (κ3) is 2.68. The molecule has 0 saturated heterocycles. The van der Waals surface area contributed by atoms with Crippen LogP contribution in [0.5, 0.6) is 0 Å². The van der Waals surface area contributed by atoms with Crippen molar-refractivity contribution in [2.75, 3.05) is 14.2 Å². The summed E-state index contributed by atoms with van der Waals surface area (Å²) in [6, 6.07) is 8.70. The predicted molar refractivity (Wildman–Crippen MR) is 83.9 cm³/mol. The van der Waals surface area contributed by atoms with Gasteiger partial charge < -0.3 is 9.47 Å². The first-order valence-electron chi connectivity index (χ1n) is 7.37. The fourth-order valence-electron chi connectivity index (χ4n) is 3.42. The monoisotopic (exact) mass is 274 g/mol. The molecular weight excluding hydrogens is 248 g/mol. The Bertz CT molecular complexity index is 478. The van der Waals surface area contributed by atoms with E-state index in [0.717, 1.165) is 12.8 Å². The topological polar surface area (TPSA) is 18.5 Å². The first-order valence-corrected chi connectivity index (χ1v) is 7.37. The van der Waals surface area contributed by atoms with Crippen LogP contribution in [-0.4, -0.2) is 26.4 Å². The number of allylic oxidation sites excluding steroid dienone is 1. The molecule has 110 valence electrons. The highest BCUT2D eigenvalue weighted by atomic mass is 16.5. The molecule has 0 aliphatic heterocycles. The van der Waals surface area contributed by atoms with Crippen molar-refractivity contribution >= 4 is 6.08 Å². The average Bonchev–Trinajstić information content (AvgIpc) is 2.71. The molecule has 0 N–H and O–H groups in total. The van der Waals surface area contributed by atoms with Crippen LogP contribution in [0.1, 0.15) is 44.7 Å². The Hall–Kier alpha value is -1.12. The molecule has 20 heavy (non-hydrogen) atoms. The zero-order valence-electron chi connectivity index (χ0n) is 13.3. The van der Waals surface area contributed by atoms with Gasteiger partial charge in [-0.15, -0.1) is 0 Å². The van der Waals surface area contributed by atoms with Crippen molar-refractivity contribution in [1.29, 1.82) is 0 Å². The Morgan fingerprint density at radius 2 is 1.55 bits per heavy atom. The summed E-state index contributed by atoms with van der Waals surface area (Å²) in [5.41, 5.74) is 4.23. The maximum Gasteiger partial charge on any atom is 0.0554 e. The molecule has 2 atom stereocenters. The lowest BCUT2D eigenvalue weighted by Gasteiger charge is -2.37. The highest BCUT2D eigenvalue weighted by Gasteiger charge is 2.41. The molecular formula is C18H26O2. The Morgan fingerprint density at radius 1 is 1.00 bits per heavy atom. The van der Waals surface area contributed by atoms with E-state index in [1.54, 1.807) is 14.2 Å². The van der Waals surface area contributed by atoms with Gasteiger partial charge in [-0.3, -0.25) is 0 Å². The van der Waals surface area contributed by atoms with E-state index in [1.165, 1.54) is 16.7 Å². The Balaban J connectivity index is 2.44. The smallest absolute Gasteiger partial charge is 0.0554 e. The molecule has 1 aliphatic carbocycles. The molecule has 0 aromatic heterocycles. The minimum absolute atomic E-state index is 0.0431. The summed E-state index contributed by atoms with van der Waals surface area (Å²) in [5.74, 6) is 0. The van der Waals surface area contributed by atoms with Crippen molar-refractivity contribution in [3.63, 3.8) is 0 Å². The molecule has 1 aromatic carbocycles. The summed E-state index contributed by atoms with van der Waals surface area (Å²) in [6.45, 7) is 6.53. The number of hydrogen-bond acceptors (Lipinski definition) is 2. The Kier molecular flexibility index (Phi) is 4.66. The van der Waals surface area contributed by atoms with Crippen molar-refractivity contribution in [1.82, 2.24) is 0 Å². The van der Waals surface area contributed by atoms with Crippen LogP contribution in [0.15, 0.2) is 29.8 Å². The minimum Gasteiger partial charge on any atom is -0.382 e. The Morgan fingerprint density at radius 3 is 2.10 bits per heavy atom. The van der Waals surface area contributed by atoms with Crippen molar-refractivity contribution < 1.29 is 9.47 Å². The first kappa shape index (κ1) is 15.3. The van der Waals surface area contributed by atoms with Crippen LogP contribution in [0, 0.1) is 0 Å². The van der Waals surface area contributed by atoms with Crippen molar-refractivity contribution in [2.45, 2.75) is 51.2 Å². The second-order valence-corrected chi connectivity index (χ2v) is 6.00. The standard InChI is InChI=1S/C18H26O2/c1-13-10-16-8-6-7-9-17(16)18(13,11-14(2)19-4)12-15(3)20-5/h6-10,14-15H,11-12H2,1-5H3. The molecule has 2 rings (SSSR count). The third-order valence-corrected chi connectivity index (χ3v) is 4.68. The second-order valence-electron chi connectivity index (χ2n) is 6.00. The number of methoxy groups -OCH3 is 2. The van der Waals surface area contributed by atoms with Gasteiger partial charge in [0.05, 0.1) is 12.2 Å². The van der Waals surface area contributed by atoms with Gasteiger partial charge in [0.25, 0.3) is 0 Å². The maximum atomic E-state index is 5.55. The molecule has 0 fully saturated rings. The molecule has 2 unspecified atom stereocenters. The average molecular weight is 274 g/mol. The molecule has 0 bridgehead atoms. The number of benzene rings is 1. The van der Waals surface area contributed by atoms with Crippen molar-refractivity contribution in [3.05, 3.63) is 41.0 Å². The van der Waals surface area contributed by atoms with Gasteiger partial charge in [-0.05, 0) is 44.7 Å². The molecule has 2 heteroatoms. The molecule has 0 saturated carbocycles. The van der Waals surface area contributed by atoms with E-state index in [0.29, 0.717) is 0 Å². The molecule has 0 amide bonds. The molecule has 2 nitrogen and oxygen atoms in total. The third-order valence-electron chi connectivity index (χ3n) is 4.68. The van der Waals surface area contributed by atoms with Gasteiger partial charge in [0.1, 0.15) is 0 Å². The molecule has 0 spiro atoms. The minimum atomic E-state index is 0.0431. The largest absolute Gasteiger partial charge is 0.382 e. The van der Waals surface area contributed by atoms with Crippen LogP contribution < -0.4 is 0 Å². The van der Waals surface area contributed by atoms with E-state index in [4.69, 9.17) is 9.47 Å². The van der Waals surface area contributed by atoms with Gasteiger partial charge in [-0.1, -0.05) is 35.9 Å². The van der Waals surface area contributed by atoms with Crippen LogP contribution in [0.3, 0.4) is 0 Å². The molecule has 0 heterocycles. The van der Waals surface area contributed by atoms with E-state index in [1.807, 2.05) is 0 Å². The number of fused-ring (bicyclic) bond motifs is 1. The summed E-state index contributed by atoms with van der Waals surface area (Å²) in [5, 5.41) is 0. The first-order chi connectivity index (χ1) is 9.53. The number of hydrogen-bond donors (Lipinski definition) is 0. The van der Waals surface area contributed by atoms with Gasteiger partial charge in [-0.2, -0.15) is 0 Å². The van der Waals surface area contributed by atoms with Crippen molar-refractivity contribution in [2.24, 2.45) is 0 Å². The lowest BCUT2D eigenvalue weighted by molar-refractivity contribution is 0.0607. The lowest BCUT2D eigenvalue weighted by atomic mass is 9.70. The summed E-state index contributed by atoms with van der Waals surface area (Å²) >= 11 is 0. The lowest BCUT2D eigenvalue weighted by Crippen LogP contribution is -2.34. The zero-order valence-corrected chi connectivity index (χ0v) is 13.3. The van der Waals surface area contributed by atoms with E-state index >= 15 is 0 Å². The number of rotatable bonds is 6. The van der Waals surface area contributed by atoms with E-state index in [9.17, 15) is 0 Å². The van der Waals surface area contributed by atoms with Gasteiger partial charge in [0.15, 0.2) is 0 Å². The van der Waals surface area contributed by atoms with E-state index in [-0.39, 0.29) is 17.6 Å². The van der Waals surface area contributed by atoms with Crippen LogP contribution >= 0.6 is 0 Å². The summed E-state index contributed by atoms with van der Waals surface area (Å²) in [6.07, 6.45) is 4.77. The number of ether oxygens (including phenoxy) is 2. The van der Waals surface area contributed by atoms with Crippen molar-refractivity contribution in [3.8, 4) is 0 Å². The summed E-state index contributed by atoms with van der Waals surface area (Å²) < 4.78 is 11.1. The second kappa shape index (κ2) is 6.11. The van der Waals surface area contributed by atoms with Gasteiger partial charge >= 0.3 is 0 Å². The summed E-state index contributed by atoms with van der Waals surface area (Å²) in [4.78, 5) is 0. The molecule has 1 aliphatic rings. The summed E-state index contributed by atoms with van der Waals surface area (Å²) in [7, 11) is 3.58. The maximum absolute atomic E-state index is 5.55. The normalized spacial score (nSPS) is 24.1. The van der Waals surface area contributed by atoms with Gasteiger partial charge in [0.2, 0.25) is 0 Å². The van der Waals surface area contributed by atoms with Gasteiger partial charge in [0, 0.05) is 19.6 Å². The fraction of sp³-hybridized carbons (Fsp3) is 0.556. The van der Waals surface area contributed by atoms with Crippen LogP contribution in [0.4, 0.5) is 0 Å². The molecule has 0 radical (unpaired) electrons. The quantitative estimate of drug-likeness (QED) is 0.774. The predicted octanol–water partition coefficient (Wildman–Crippen LogP) is 4.19. The highest BCUT2D eigenvalue weighted by molar-refractivity contribution is 5.69. The van der Waals surface area contributed by atoms with E-state index in [2.05, 4.69) is 51.1 Å². The van der Waals surface area contributed by atoms with E-state index < -0.39 is 0 Å². The zero-order chi connectivity index (χ0) is 14.8. The molecule has 1 aromatic rings. The SMILES string of the molecule is COC(C)CC1(CC(C)OC)C(C)=Cc2ccccc21. The van der Waals surface area contributed by atoms with Gasteiger partial charge in [-0.25, -0.2) is 0 Å². The Labute approximate surface area is 122 Å². The van der Waals surface area contributed by atoms with Crippen LogP contribution in [-0.2, 0) is 14.9 Å². The van der Waals surface area contributed by atoms with Crippen LogP contribution in [0.25, 0.3) is 6.08 Å². The fourth-order valence-corrected chi connectivity index (χ4v) is 3.42. The highest BCUT2D eigenvalue weighted by Crippen LogP contribution is 2.48.